The van der Waals surface area contributed by atoms with E-state index in [1.54, 1.807) is 12.4 Å². The number of nitrogens with two attached hydrogens (primary N) is 1. The van der Waals surface area contributed by atoms with Crippen molar-refractivity contribution >= 4 is 12.2 Å². The highest BCUT2D eigenvalue weighted by Crippen LogP contribution is 2.08. The topological polar surface area (TPSA) is 38.9 Å². The maximum absolute atomic E-state index is 5.54. The Hall–Kier alpha value is -1.93. The predicted molar refractivity (Wildman–Crippen MR) is 67.5 cm³/mol. The third-order valence-corrected chi connectivity index (χ3v) is 2.39. The van der Waals surface area contributed by atoms with Crippen LogP contribution in [0.3, 0.4) is 0 Å². The second-order valence-electron chi connectivity index (χ2n) is 3.56. The first-order valence-corrected chi connectivity index (χ1v) is 5.25. The van der Waals surface area contributed by atoms with Crippen molar-refractivity contribution in [1.82, 2.24) is 4.98 Å². The summed E-state index contributed by atoms with van der Waals surface area (Å²) in [6.07, 6.45) is 7.73. The molecule has 2 heteroatoms. The summed E-state index contributed by atoms with van der Waals surface area (Å²) in [6.45, 7) is 0.592. The highest BCUT2D eigenvalue weighted by atomic mass is 14.6. The van der Waals surface area contributed by atoms with Crippen molar-refractivity contribution in [3.63, 3.8) is 0 Å². The Labute approximate surface area is 95.5 Å². The lowest BCUT2D eigenvalue weighted by atomic mass is 10.1. The predicted octanol–water partition coefficient (Wildman–Crippen LogP) is 2.71. The Morgan fingerprint density at radius 3 is 2.00 bits per heavy atom. The first-order chi connectivity index (χ1) is 7.88. The minimum atomic E-state index is 0.592. The average Bonchev–Trinajstić information content (AvgIpc) is 2.38. The van der Waals surface area contributed by atoms with Crippen molar-refractivity contribution < 1.29 is 0 Å². The Balaban J connectivity index is 2.12. The zero-order valence-electron chi connectivity index (χ0n) is 9.01. The van der Waals surface area contributed by atoms with Crippen LogP contribution in [0.1, 0.15) is 16.7 Å². The van der Waals surface area contributed by atoms with Crippen LogP contribution in [0.25, 0.3) is 12.2 Å². The molecule has 0 aliphatic carbocycles. The average molecular weight is 210 g/mol. The molecule has 80 valence electrons. The van der Waals surface area contributed by atoms with Gasteiger partial charge in [-0.1, -0.05) is 36.4 Å². The molecule has 1 aromatic heterocycles. The van der Waals surface area contributed by atoms with Crippen LogP contribution in [0.5, 0.6) is 0 Å². The van der Waals surface area contributed by atoms with Gasteiger partial charge in [0, 0.05) is 18.9 Å². The van der Waals surface area contributed by atoms with Crippen LogP contribution >= 0.6 is 0 Å². The van der Waals surface area contributed by atoms with Gasteiger partial charge in [-0.15, -0.1) is 0 Å². The fourth-order valence-electron chi connectivity index (χ4n) is 1.43. The van der Waals surface area contributed by atoms with Crippen LogP contribution in [-0.4, -0.2) is 4.98 Å². The lowest BCUT2D eigenvalue weighted by molar-refractivity contribution is 1.07. The number of pyridine rings is 1. The van der Waals surface area contributed by atoms with Crippen molar-refractivity contribution in [2.75, 3.05) is 0 Å². The maximum Gasteiger partial charge on any atom is 0.0273 e. The summed E-state index contributed by atoms with van der Waals surface area (Å²) in [4.78, 5) is 3.98. The van der Waals surface area contributed by atoms with Gasteiger partial charge in [0.05, 0.1) is 0 Å². The van der Waals surface area contributed by atoms with E-state index in [2.05, 4.69) is 29.3 Å². The number of aromatic nitrogens is 1. The smallest absolute Gasteiger partial charge is 0.0273 e. The van der Waals surface area contributed by atoms with Gasteiger partial charge in [0.2, 0.25) is 0 Å². The second-order valence-corrected chi connectivity index (χ2v) is 3.56. The van der Waals surface area contributed by atoms with E-state index in [1.165, 1.54) is 5.56 Å². The first kappa shape index (κ1) is 10.6. The molecule has 2 aromatic rings. The molecule has 2 nitrogen and oxygen atoms in total. The van der Waals surface area contributed by atoms with Crippen molar-refractivity contribution in [3.05, 3.63) is 65.5 Å². The Morgan fingerprint density at radius 2 is 1.44 bits per heavy atom. The van der Waals surface area contributed by atoms with Crippen molar-refractivity contribution in [2.45, 2.75) is 6.54 Å². The Morgan fingerprint density at radius 1 is 0.875 bits per heavy atom. The van der Waals surface area contributed by atoms with Crippen molar-refractivity contribution in [2.24, 2.45) is 5.73 Å². The van der Waals surface area contributed by atoms with Gasteiger partial charge in [-0.25, -0.2) is 0 Å². The molecule has 0 radical (unpaired) electrons. The molecule has 16 heavy (non-hydrogen) atoms. The third kappa shape index (κ3) is 2.78. The molecule has 1 heterocycles. The minimum absolute atomic E-state index is 0.592. The number of hydrogen-bond donors (Lipinski definition) is 1. The van der Waals surface area contributed by atoms with Gasteiger partial charge in [0.25, 0.3) is 0 Å². The SMILES string of the molecule is NCc1ccc(/C=C/c2ccncc2)cc1. The normalized spacial score (nSPS) is 10.8. The second kappa shape index (κ2) is 5.24. The summed E-state index contributed by atoms with van der Waals surface area (Å²) in [5.41, 5.74) is 9.02. The van der Waals surface area contributed by atoms with Crippen LogP contribution in [0, 0.1) is 0 Å². The number of hydrogen-bond acceptors (Lipinski definition) is 2. The first-order valence-electron chi connectivity index (χ1n) is 5.25. The summed E-state index contributed by atoms with van der Waals surface area (Å²) in [6, 6.07) is 12.2. The van der Waals surface area contributed by atoms with Crippen LogP contribution in [0.2, 0.25) is 0 Å². The number of rotatable bonds is 3. The van der Waals surface area contributed by atoms with E-state index in [0.29, 0.717) is 6.54 Å². The van der Waals surface area contributed by atoms with Gasteiger partial charge in [-0.05, 0) is 28.8 Å². The van der Waals surface area contributed by atoms with Crippen molar-refractivity contribution in [1.29, 1.82) is 0 Å². The van der Waals surface area contributed by atoms with E-state index in [-0.39, 0.29) is 0 Å². The van der Waals surface area contributed by atoms with Crippen molar-refractivity contribution in [3.8, 4) is 0 Å². The lowest BCUT2D eigenvalue weighted by Gasteiger charge is -1.97. The van der Waals surface area contributed by atoms with E-state index in [4.69, 9.17) is 5.73 Å². The summed E-state index contributed by atoms with van der Waals surface area (Å²) < 4.78 is 0. The Bertz CT molecular complexity index is 458. The highest BCUT2D eigenvalue weighted by molar-refractivity contribution is 5.69. The van der Waals surface area contributed by atoms with Gasteiger partial charge in [0.1, 0.15) is 0 Å². The maximum atomic E-state index is 5.54. The van der Waals surface area contributed by atoms with E-state index >= 15 is 0 Å². The largest absolute Gasteiger partial charge is 0.326 e. The van der Waals surface area contributed by atoms with Gasteiger partial charge in [-0.3, -0.25) is 4.98 Å². The summed E-state index contributed by atoms with van der Waals surface area (Å²) in [7, 11) is 0. The molecule has 2 rings (SSSR count). The standard InChI is InChI=1S/C14H14N2/c15-11-14-5-3-12(4-6-14)1-2-13-7-9-16-10-8-13/h1-10H,11,15H2/b2-1+. The molecular formula is C14H14N2. The summed E-state index contributed by atoms with van der Waals surface area (Å²) in [5.74, 6) is 0. The molecule has 0 bridgehead atoms. The zero-order chi connectivity index (χ0) is 11.2. The molecular weight excluding hydrogens is 196 g/mol. The molecule has 0 aliphatic rings. The van der Waals surface area contributed by atoms with Gasteiger partial charge < -0.3 is 5.73 Å². The van der Waals surface area contributed by atoms with E-state index in [1.807, 2.05) is 24.3 Å². The van der Waals surface area contributed by atoms with Gasteiger partial charge in [-0.2, -0.15) is 0 Å². The van der Waals surface area contributed by atoms with E-state index in [9.17, 15) is 0 Å². The summed E-state index contributed by atoms with van der Waals surface area (Å²) in [5, 5.41) is 0. The third-order valence-electron chi connectivity index (χ3n) is 2.39. The zero-order valence-corrected chi connectivity index (χ0v) is 9.01. The highest BCUT2D eigenvalue weighted by Gasteiger charge is 1.89. The minimum Gasteiger partial charge on any atom is -0.326 e. The fourth-order valence-corrected chi connectivity index (χ4v) is 1.43. The molecule has 0 amide bonds. The molecule has 0 saturated carbocycles. The van der Waals surface area contributed by atoms with Crippen LogP contribution in [-0.2, 0) is 6.54 Å². The van der Waals surface area contributed by atoms with Gasteiger partial charge in [0.15, 0.2) is 0 Å². The number of benzene rings is 1. The van der Waals surface area contributed by atoms with Gasteiger partial charge >= 0.3 is 0 Å². The van der Waals surface area contributed by atoms with E-state index < -0.39 is 0 Å². The Kier molecular flexibility index (Phi) is 3.46. The molecule has 0 unspecified atom stereocenters. The number of nitrogens with zero attached hydrogens (tertiary/aromatic N) is 1. The molecule has 0 spiro atoms. The molecule has 0 saturated heterocycles. The molecule has 0 atom stereocenters. The molecule has 0 fully saturated rings. The lowest BCUT2D eigenvalue weighted by Crippen LogP contribution is -1.94. The summed E-state index contributed by atoms with van der Waals surface area (Å²) >= 11 is 0. The quantitative estimate of drug-likeness (QED) is 0.846. The van der Waals surface area contributed by atoms with E-state index in [0.717, 1.165) is 11.1 Å². The van der Waals surface area contributed by atoms with Crippen LogP contribution in [0.15, 0.2) is 48.8 Å². The molecule has 0 aliphatic heterocycles. The molecule has 2 N–H and O–H groups in total. The fraction of sp³-hybridized carbons (Fsp3) is 0.0714. The molecule has 1 aromatic carbocycles. The van der Waals surface area contributed by atoms with Crippen LogP contribution in [0.4, 0.5) is 0 Å². The van der Waals surface area contributed by atoms with Crippen LogP contribution < -0.4 is 5.73 Å². The monoisotopic (exact) mass is 210 g/mol.